The lowest BCUT2D eigenvalue weighted by Crippen LogP contribution is -2.28. The Bertz CT molecular complexity index is 3320. The van der Waals surface area contributed by atoms with E-state index in [0.29, 0.717) is 0 Å². The van der Waals surface area contributed by atoms with Crippen molar-refractivity contribution in [1.29, 1.82) is 0 Å². The molecule has 0 saturated carbocycles. The minimum Gasteiger partial charge on any atom is -0.310 e. The van der Waals surface area contributed by atoms with Crippen LogP contribution >= 0.6 is 0 Å². The summed E-state index contributed by atoms with van der Waals surface area (Å²) in [7, 11) is 0. The lowest BCUT2D eigenvalue weighted by Gasteiger charge is -2.34. The van der Waals surface area contributed by atoms with Crippen LogP contribution in [0, 0.1) is 0 Å². The van der Waals surface area contributed by atoms with Gasteiger partial charge in [-0.15, -0.1) is 0 Å². The van der Waals surface area contributed by atoms with Crippen molar-refractivity contribution < 1.29 is 0 Å². The summed E-state index contributed by atoms with van der Waals surface area (Å²) in [6.07, 6.45) is 0. The first-order valence-electron chi connectivity index (χ1n) is 22.1. The molecule has 0 radical (unpaired) electrons. The van der Waals surface area contributed by atoms with Gasteiger partial charge in [0.2, 0.25) is 0 Å². The number of hydrogen-bond donors (Lipinski definition) is 0. The molecule has 0 saturated heterocycles. The highest BCUT2D eigenvalue weighted by molar-refractivity contribution is 5.98. The molecular weight excluding hydrogens is 759 g/mol. The van der Waals surface area contributed by atoms with Crippen LogP contribution in [0.4, 0.5) is 17.1 Å². The normalized spacial score (nSPS) is 13.8. The summed E-state index contributed by atoms with van der Waals surface area (Å²) >= 11 is 0. The summed E-state index contributed by atoms with van der Waals surface area (Å²) in [4.78, 5) is 2.48. The van der Waals surface area contributed by atoms with Gasteiger partial charge >= 0.3 is 0 Å². The van der Waals surface area contributed by atoms with Crippen LogP contribution in [0.25, 0.3) is 55.3 Å². The predicted octanol–water partition coefficient (Wildman–Crippen LogP) is 16.3. The van der Waals surface area contributed by atoms with Crippen LogP contribution < -0.4 is 4.90 Å². The van der Waals surface area contributed by atoms with Crippen molar-refractivity contribution in [3.05, 3.63) is 270 Å². The van der Waals surface area contributed by atoms with E-state index in [-0.39, 0.29) is 5.41 Å². The average molecular weight is 804 g/mol. The Morgan fingerprint density at radius 2 is 0.873 bits per heavy atom. The Kier molecular flexibility index (Phi) is 8.49. The van der Waals surface area contributed by atoms with Gasteiger partial charge in [-0.05, 0) is 126 Å². The van der Waals surface area contributed by atoms with Crippen LogP contribution in [-0.4, -0.2) is 0 Å². The van der Waals surface area contributed by atoms with Gasteiger partial charge in [0.25, 0.3) is 0 Å². The van der Waals surface area contributed by atoms with Crippen LogP contribution in [0.1, 0.15) is 47.2 Å². The molecule has 10 aromatic carbocycles. The predicted molar refractivity (Wildman–Crippen MR) is 264 cm³/mol. The van der Waals surface area contributed by atoms with Crippen molar-refractivity contribution >= 4 is 27.8 Å². The molecule has 2 aliphatic rings. The van der Waals surface area contributed by atoms with Gasteiger partial charge in [-0.3, -0.25) is 0 Å². The molecule has 1 nitrogen and oxygen atoms in total. The Labute approximate surface area is 370 Å². The van der Waals surface area contributed by atoms with E-state index in [9.17, 15) is 0 Å². The zero-order chi connectivity index (χ0) is 42.1. The highest BCUT2D eigenvalue weighted by atomic mass is 15.1. The van der Waals surface area contributed by atoms with E-state index >= 15 is 0 Å². The summed E-state index contributed by atoms with van der Waals surface area (Å²) in [5.41, 5.74) is 20.7. The van der Waals surface area contributed by atoms with Gasteiger partial charge in [0, 0.05) is 22.4 Å². The molecule has 0 N–H and O–H groups in total. The van der Waals surface area contributed by atoms with Gasteiger partial charge in [0.05, 0.1) is 11.1 Å². The molecular formula is C62H45N. The van der Waals surface area contributed by atoms with Gasteiger partial charge in [-0.2, -0.15) is 0 Å². The summed E-state index contributed by atoms with van der Waals surface area (Å²) in [5.74, 6) is 0. The second-order valence-electron chi connectivity index (χ2n) is 17.7. The largest absolute Gasteiger partial charge is 0.310 e. The van der Waals surface area contributed by atoms with Gasteiger partial charge < -0.3 is 4.90 Å². The fraction of sp³-hybridized carbons (Fsp3) is 0.0645. The van der Waals surface area contributed by atoms with Crippen molar-refractivity contribution in [2.75, 3.05) is 4.90 Å². The first-order valence-corrected chi connectivity index (χ1v) is 22.1. The fourth-order valence-corrected chi connectivity index (χ4v) is 11.0. The summed E-state index contributed by atoms with van der Waals surface area (Å²) in [6, 6.07) is 87.8. The zero-order valence-corrected chi connectivity index (χ0v) is 35.5. The standard InChI is InChI=1S/C62H45N/c1-61(2)55-27-13-11-25-52(55)53-38-35-47(41-58(53)61)43-33-36-50(37-34-43)63(51-24-15-19-45(40-51)46-32-31-42-17-9-10-18-44(42)39-46)59-30-16-29-57-60(59)54-26-12-14-28-56(54)62(57,48-20-5-3-6-21-48)49-22-7-4-8-23-49/h3-41H,1-2H3. The molecule has 12 rings (SSSR count). The third-order valence-corrected chi connectivity index (χ3v) is 13.9. The van der Waals surface area contributed by atoms with E-state index in [0.717, 1.165) is 17.1 Å². The second kappa shape index (κ2) is 14.4. The maximum absolute atomic E-state index is 2.48. The minimum atomic E-state index is -0.506. The Hall–Kier alpha value is -7.74. The van der Waals surface area contributed by atoms with Crippen LogP contribution in [0.15, 0.2) is 237 Å². The number of rotatable bonds is 7. The van der Waals surface area contributed by atoms with E-state index < -0.39 is 5.41 Å². The monoisotopic (exact) mass is 803 g/mol. The van der Waals surface area contributed by atoms with Crippen molar-refractivity contribution in [3.8, 4) is 44.5 Å². The van der Waals surface area contributed by atoms with Crippen molar-refractivity contribution in [1.82, 2.24) is 0 Å². The molecule has 0 unspecified atom stereocenters. The summed E-state index contributed by atoms with van der Waals surface area (Å²) in [5, 5.41) is 2.48. The van der Waals surface area contributed by atoms with E-state index in [2.05, 4.69) is 255 Å². The zero-order valence-electron chi connectivity index (χ0n) is 35.5. The topological polar surface area (TPSA) is 3.24 Å². The second-order valence-corrected chi connectivity index (χ2v) is 17.7. The highest BCUT2D eigenvalue weighted by Gasteiger charge is 2.47. The molecule has 0 aromatic heterocycles. The molecule has 0 amide bonds. The first-order chi connectivity index (χ1) is 31.0. The van der Waals surface area contributed by atoms with Crippen LogP contribution in [-0.2, 0) is 10.8 Å². The van der Waals surface area contributed by atoms with Gasteiger partial charge in [0.15, 0.2) is 0 Å². The molecule has 0 spiro atoms. The third-order valence-electron chi connectivity index (χ3n) is 13.9. The van der Waals surface area contributed by atoms with Crippen LogP contribution in [0.2, 0.25) is 0 Å². The Morgan fingerprint density at radius 3 is 1.63 bits per heavy atom. The molecule has 10 aromatic rings. The third kappa shape index (κ3) is 5.70. The van der Waals surface area contributed by atoms with Crippen LogP contribution in [0.3, 0.4) is 0 Å². The van der Waals surface area contributed by atoms with E-state index in [1.54, 1.807) is 0 Å². The molecule has 63 heavy (non-hydrogen) atoms. The lowest BCUT2D eigenvalue weighted by molar-refractivity contribution is 0.660. The number of fused-ring (bicyclic) bond motifs is 7. The summed E-state index contributed by atoms with van der Waals surface area (Å²) < 4.78 is 0. The smallest absolute Gasteiger partial charge is 0.0714 e. The van der Waals surface area contributed by atoms with Crippen LogP contribution in [0.5, 0.6) is 0 Å². The molecule has 2 aliphatic carbocycles. The maximum Gasteiger partial charge on any atom is 0.0714 e. The van der Waals surface area contributed by atoms with E-state index in [1.807, 2.05) is 0 Å². The Balaban J connectivity index is 1.06. The average Bonchev–Trinajstić information content (AvgIpc) is 3.78. The number of benzene rings is 10. The maximum atomic E-state index is 2.48. The Morgan fingerprint density at radius 1 is 0.317 bits per heavy atom. The van der Waals surface area contributed by atoms with Gasteiger partial charge in [-0.1, -0.05) is 208 Å². The van der Waals surface area contributed by atoms with Gasteiger partial charge in [0.1, 0.15) is 0 Å². The molecule has 0 bridgehead atoms. The van der Waals surface area contributed by atoms with Crippen molar-refractivity contribution in [3.63, 3.8) is 0 Å². The first kappa shape index (κ1) is 37.1. The minimum absolute atomic E-state index is 0.0621. The lowest BCUT2D eigenvalue weighted by atomic mass is 9.68. The highest BCUT2D eigenvalue weighted by Crippen LogP contribution is 2.59. The van der Waals surface area contributed by atoms with Gasteiger partial charge in [-0.25, -0.2) is 0 Å². The fourth-order valence-electron chi connectivity index (χ4n) is 11.0. The molecule has 1 heteroatoms. The van der Waals surface area contributed by atoms with Crippen molar-refractivity contribution in [2.24, 2.45) is 0 Å². The molecule has 0 aliphatic heterocycles. The number of hydrogen-bond acceptors (Lipinski definition) is 1. The molecule has 0 atom stereocenters. The van der Waals surface area contributed by atoms with E-state index in [1.165, 1.54) is 88.7 Å². The van der Waals surface area contributed by atoms with Crippen molar-refractivity contribution in [2.45, 2.75) is 24.7 Å². The molecule has 0 heterocycles. The number of anilines is 3. The molecule has 0 fully saturated rings. The quantitative estimate of drug-likeness (QED) is 0.155. The SMILES string of the molecule is CC1(C)c2ccccc2-c2ccc(-c3ccc(N(c4cccc(-c5ccc6ccccc6c5)c4)c4cccc5c4-c4ccccc4C5(c4ccccc4)c4ccccc4)cc3)cc21. The molecule has 298 valence electrons. The summed E-state index contributed by atoms with van der Waals surface area (Å²) in [6.45, 7) is 4.71. The number of nitrogens with zero attached hydrogens (tertiary/aromatic N) is 1. The van der Waals surface area contributed by atoms with E-state index in [4.69, 9.17) is 0 Å².